The maximum absolute atomic E-state index is 13.8. The zero-order chi connectivity index (χ0) is 33.3. The maximum atomic E-state index is 13.8. The van der Waals surface area contributed by atoms with Crippen LogP contribution < -0.4 is 10.6 Å². The van der Waals surface area contributed by atoms with Gasteiger partial charge >= 0.3 is 0 Å². The molecule has 0 fully saturated rings. The van der Waals surface area contributed by atoms with E-state index in [-0.39, 0.29) is 11.8 Å². The lowest BCUT2D eigenvalue weighted by atomic mass is 9.92. The van der Waals surface area contributed by atoms with Crippen molar-refractivity contribution in [1.82, 2.24) is 20.6 Å². The average Bonchev–Trinajstić information content (AvgIpc) is 3.06. The molecule has 8 heteroatoms. The Balaban J connectivity index is 1.23. The molecule has 2 aromatic heterocycles. The topological polar surface area (TPSA) is 84.0 Å². The van der Waals surface area contributed by atoms with Crippen LogP contribution in [0.25, 0.3) is 44.3 Å². The van der Waals surface area contributed by atoms with Crippen molar-refractivity contribution in [2.45, 2.75) is 27.7 Å². The van der Waals surface area contributed by atoms with E-state index in [2.05, 4.69) is 10.6 Å². The van der Waals surface area contributed by atoms with Crippen molar-refractivity contribution in [2.75, 3.05) is 13.1 Å². The molecule has 2 N–H and O–H groups in total. The van der Waals surface area contributed by atoms with E-state index in [1.807, 2.05) is 125 Å². The first-order valence-electron chi connectivity index (χ1n) is 15.4. The Morgan fingerprint density at radius 2 is 0.957 bits per heavy atom. The van der Waals surface area contributed by atoms with Crippen molar-refractivity contribution >= 4 is 56.8 Å². The number of carbonyl (C=O) groups is 2. The molecule has 2 amide bonds. The van der Waals surface area contributed by atoms with Crippen LogP contribution in [0.2, 0.25) is 10.0 Å². The number of aromatic nitrogens is 2. The summed E-state index contributed by atoms with van der Waals surface area (Å²) in [5, 5.41) is 9.11. The molecule has 0 saturated carbocycles. The zero-order valence-electron chi connectivity index (χ0n) is 26.6. The molecule has 6 rings (SSSR count). The van der Waals surface area contributed by atoms with Gasteiger partial charge in [-0.25, -0.2) is 9.97 Å². The van der Waals surface area contributed by atoms with Crippen molar-refractivity contribution in [3.63, 3.8) is 0 Å². The van der Waals surface area contributed by atoms with E-state index in [9.17, 15) is 9.59 Å². The highest BCUT2D eigenvalue weighted by atomic mass is 35.5. The third-order valence-electron chi connectivity index (χ3n) is 8.42. The molecule has 0 saturated heterocycles. The van der Waals surface area contributed by atoms with E-state index in [1.54, 1.807) is 0 Å². The molecular weight excluding hydrogens is 627 g/mol. The molecule has 0 bridgehead atoms. The monoisotopic (exact) mass is 660 g/mol. The average molecular weight is 662 g/mol. The van der Waals surface area contributed by atoms with Crippen LogP contribution in [0.3, 0.4) is 0 Å². The molecule has 4 aromatic carbocycles. The van der Waals surface area contributed by atoms with Gasteiger partial charge in [-0.3, -0.25) is 9.59 Å². The highest BCUT2D eigenvalue weighted by molar-refractivity contribution is 6.31. The number of fused-ring (bicyclic) bond motifs is 2. The summed E-state index contributed by atoms with van der Waals surface area (Å²) in [7, 11) is 0. The SMILES string of the molecule is Cc1c(-c2ccc(Cl)cc2)nc2ccccc2c1C(=O)NCC(C)(C)CNC(=O)c1c(C)c(-c2ccc(Cl)cc2)nc2ccccc12. The molecule has 0 radical (unpaired) electrons. The molecule has 0 aliphatic heterocycles. The number of halogens is 2. The summed E-state index contributed by atoms with van der Waals surface area (Å²) in [5.74, 6) is -0.390. The number of rotatable bonds is 8. The number of para-hydroxylation sites is 2. The van der Waals surface area contributed by atoms with Gasteiger partial charge in [0.2, 0.25) is 0 Å². The second-order valence-electron chi connectivity index (χ2n) is 12.5. The summed E-state index contributed by atoms with van der Waals surface area (Å²) in [4.78, 5) is 37.5. The lowest BCUT2D eigenvalue weighted by molar-refractivity contribution is 0.0921. The molecule has 6 nitrogen and oxygen atoms in total. The fourth-order valence-corrected chi connectivity index (χ4v) is 6.11. The van der Waals surface area contributed by atoms with Gasteiger partial charge < -0.3 is 10.6 Å². The zero-order valence-corrected chi connectivity index (χ0v) is 28.1. The minimum Gasteiger partial charge on any atom is -0.351 e. The third kappa shape index (κ3) is 6.71. The Labute approximate surface area is 284 Å². The van der Waals surface area contributed by atoms with Gasteiger partial charge in [0, 0.05) is 45.0 Å². The first-order valence-corrected chi connectivity index (χ1v) is 16.1. The van der Waals surface area contributed by atoms with Gasteiger partial charge in [0.05, 0.1) is 33.5 Å². The van der Waals surface area contributed by atoms with Crippen molar-refractivity contribution < 1.29 is 9.59 Å². The molecule has 0 atom stereocenters. The van der Waals surface area contributed by atoms with Gasteiger partial charge in [-0.05, 0) is 66.8 Å². The summed E-state index contributed by atoms with van der Waals surface area (Å²) in [6.07, 6.45) is 0. The lowest BCUT2D eigenvalue weighted by Gasteiger charge is -2.26. The smallest absolute Gasteiger partial charge is 0.252 e. The normalized spacial score (nSPS) is 11.5. The quantitative estimate of drug-likeness (QED) is 0.170. The second-order valence-corrected chi connectivity index (χ2v) is 13.4. The summed E-state index contributed by atoms with van der Waals surface area (Å²) in [5.41, 5.74) is 6.96. The van der Waals surface area contributed by atoms with Gasteiger partial charge in [-0.2, -0.15) is 0 Å². The van der Waals surface area contributed by atoms with Crippen molar-refractivity contribution in [1.29, 1.82) is 0 Å². The van der Waals surface area contributed by atoms with Crippen LogP contribution in [0.5, 0.6) is 0 Å². The number of amides is 2. The molecule has 0 spiro atoms. The summed E-state index contributed by atoms with van der Waals surface area (Å²) in [6, 6.07) is 30.2. The Morgan fingerprint density at radius 1 is 0.596 bits per heavy atom. The maximum Gasteiger partial charge on any atom is 0.252 e. The Bertz CT molecular complexity index is 1990. The second kappa shape index (κ2) is 13.1. The van der Waals surface area contributed by atoms with Crippen molar-refractivity contribution in [2.24, 2.45) is 5.41 Å². The molecular formula is C39H34Cl2N4O2. The number of nitrogens with one attached hydrogen (secondary N) is 2. The van der Waals surface area contributed by atoms with Crippen LogP contribution in [0.4, 0.5) is 0 Å². The van der Waals surface area contributed by atoms with E-state index in [4.69, 9.17) is 33.2 Å². The first-order chi connectivity index (χ1) is 22.5. The van der Waals surface area contributed by atoms with E-state index in [0.717, 1.165) is 55.4 Å². The van der Waals surface area contributed by atoms with Crippen LogP contribution >= 0.6 is 23.2 Å². The number of carbonyl (C=O) groups excluding carboxylic acids is 2. The summed E-state index contributed by atoms with van der Waals surface area (Å²) >= 11 is 12.3. The number of nitrogens with zero attached hydrogens (tertiary/aromatic N) is 2. The Morgan fingerprint density at radius 3 is 1.34 bits per heavy atom. The molecule has 6 aromatic rings. The summed E-state index contributed by atoms with van der Waals surface area (Å²) < 4.78 is 0. The van der Waals surface area contributed by atoms with E-state index in [1.165, 1.54) is 0 Å². The predicted molar refractivity (Wildman–Crippen MR) is 192 cm³/mol. The fraction of sp³-hybridized carbons (Fsp3) is 0.179. The van der Waals surface area contributed by atoms with Crippen molar-refractivity contribution in [3.8, 4) is 22.5 Å². The fourth-order valence-electron chi connectivity index (χ4n) is 5.86. The van der Waals surface area contributed by atoms with Crippen LogP contribution in [-0.4, -0.2) is 34.9 Å². The highest BCUT2D eigenvalue weighted by Crippen LogP contribution is 2.32. The van der Waals surface area contributed by atoms with Crippen LogP contribution in [-0.2, 0) is 0 Å². The van der Waals surface area contributed by atoms with Gasteiger partial charge in [-0.15, -0.1) is 0 Å². The molecule has 0 unspecified atom stereocenters. The van der Waals surface area contributed by atoms with Crippen molar-refractivity contribution in [3.05, 3.63) is 129 Å². The molecule has 0 aliphatic rings. The van der Waals surface area contributed by atoms with Gasteiger partial charge in [0.15, 0.2) is 0 Å². The molecule has 2 heterocycles. The standard InChI is InChI=1S/C39H34Cl2N4O2/c1-23-33(29-9-5-7-11-31(29)44-35(23)25-13-17-27(40)18-14-25)37(46)42-21-39(3,4)22-43-38(47)34-24(2)36(26-15-19-28(41)20-16-26)45-32-12-8-6-10-30(32)34/h5-20H,21-22H2,1-4H3,(H,42,46)(H,43,47). The van der Waals surface area contributed by atoms with Gasteiger partial charge in [0.25, 0.3) is 11.8 Å². The first kappa shape index (κ1) is 32.2. The lowest BCUT2D eigenvalue weighted by Crippen LogP contribution is -2.42. The third-order valence-corrected chi connectivity index (χ3v) is 8.92. The molecule has 47 heavy (non-hydrogen) atoms. The molecule has 0 aliphatic carbocycles. The Kier molecular flexibility index (Phi) is 9.00. The minimum absolute atomic E-state index is 0.195. The number of pyridine rings is 2. The Hall–Kier alpha value is -4.78. The van der Waals surface area contributed by atoms with Crippen LogP contribution in [0, 0.1) is 19.3 Å². The van der Waals surface area contributed by atoms with Gasteiger partial charge in [0.1, 0.15) is 0 Å². The van der Waals surface area contributed by atoms with E-state index < -0.39 is 5.41 Å². The van der Waals surface area contributed by atoms with Crippen LogP contribution in [0.1, 0.15) is 45.7 Å². The molecule has 236 valence electrons. The minimum atomic E-state index is -0.461. The highest BCUT2D eigenvalue weighted by Gasteiger charge is 2.25. The van der Waals surface area contributed by atoms with Crippen LogP contribution in [0.15, 0.2) is 97.1 Å². The summed E-state index contributed by atoms with van der Waals surface area (Å²) in [6.45, 7) is 8.55. The number of hydrogen-bond acceptors (Lipinski definition) is 4. The number of hydrogen-bond donors (Lipinski definition) is 2. The predicted octanol–water partition coefficient (Wildman–Crippen LogP) is 9.23. The van der Waals surface area contributed by atoms with E-state index in [0.29, 0.717) is 34.3 Å². The van der Waals surface area contributed by atoms with Gasteiger partial charge in [-0.1, -0.05) is 97.7 Å². The van der Waals surface area contributed by atoms with E-state index >= 15 is 0 Å². The number of benzene rings is 4. The largest absolute Gasteiger partial charge is 0.351 e.